The largest absolute Gasteiger partial charge is 0.0648 e. The fourth-order valence-corrected chi connectivity index (χ4v) is 8.47. The van der Waals surface area contributed by atoms with Crippen LogP contribution in [0.15, 0.2) is 0 Å². The monoisotopic (exact) mass is 316 g/mol. The molecule has 0 heterocycles. The Balaban J connectivity index is 1.61. The van der Waals surface area contributed by atoms with E-state index in [1.807, 2.05) is 0 Å². The van der Waals surface area contributed by atoms with Crippen molar-refractivity contribution in [2.45, 2.75) is 104 Å². The minimum absolute atomic E-state index is 0.716. The van der Waals surface area contributed by atoms with E-state index in [1.165, 1.54) is 38.5 Å². The van der Waals surface area contributed by atoms with Crippen molar-refractivity contribution in [1.82, 2.24) is 0 Å². The molecule has 4 saturated carbocycles. The fourth-order valence-electron chi connectivity index (χ4n) is 8.47. The third-order valence-corrected chi connectivity index (χ3v) is 9.46. The molecule has 4 rings (SSSR count). The van der Waals surface area contributed by atoms with Crippen molar-refractivity contribution in [3.05, 3.63) is 0 Å². The van der Waals surface area contributed by atoms with Crippen LogP contribution in [0.5, 0.6) is 0 Å². The third kappa shape index (κ3) is 2.62. The highest BCUT2D eigenvalue weighted by atomic mass is 14.6. The molecule has 0 N–H and O–H groups in total. The molecular formula is C23H40. The van der Waals surface area contributed by atoms with Crippen molar-refractivity contribution in [2.75, 3.05) is 0 Å². The molecule has 0 aromatic carbocycles. The molecule has 0 aromatic rings. The molecule has 0 amide bonds. The fraction of sp³-hybridized carbons (Fsp3) is 1.00. The Kier molecular flexibility index (Phi) is 4.81. The summed E-state index contributed by atoms with van der Waals surface area (Å²) in [5.41, 5.74) is 0.716. The van der Waals surface area contributed by atoms with Gasteiger partial charge in [0.1, 0.15) is 0 Å². The van der Waals surface area contributed by atoms with Gasteiger partial charge in [-0.25, -0.2) is 0 Å². The van der Waals surface area contributed by atoms with Crippen molar-refractivity contribution in [1.29, 1.82) is 0 Å². The van der Waals surface area contributed by atoms with Gasteiger partial charge in [-0.15, -0.1) is 0 Å². The predicted molar refractivity (Wildman–Crippen MR) is 99.4 cm³/mol. The second-order valence-electron chi connectivity index (χ2n) is 9.72. The molecule has 0 heteroatoms. The van der Waals surface area contributed by atoms with Gasteiger partial charge >= 0.3 is 0 Å². The lowest BCUT2D eigenvalue weighted by molar-refractivity contribution is -0.0118. The number of fused-ring (bicyclic) bond motifs is 2. The standard InChI is InChI=1S/C23H40/c1-3-23(4-2,21-15-13-17-9-5-7-11-19(17)21)22-16-14-18-10-6-8-12-20(18)22/h17-22H,3-16H2,1-2H3/t17?,18?,19-,20?,21-,22?/m0/s1. The molecule has 0 nitrogen and oxygen atoms in total. The zero-order valence-corrected chi connectivity index (χ0v) is 15.9. The van der Waals surface area contributed by atoms with E-state index in [1.54, 1.807) is 51.4 Å². The maximum absolute atomic E-state index is 2.57. The van der Waals surface area contributed by atoms with Crippen molar-refractivity contribution in [2.24, 2.45) is 40.9 Å². The summed E-state index contributed by atoms with van der Waals surface area (Å²) in [6, 6.07) is 0. The van der Waals surface area contributed by atoms with Gasteiger partial charge < -0.3 is 0 Å². The highest BCUT2D eigenvalue weighted by Gasteiger charge is 2.54. The molecule has 0 saturated heterocycles. The minimum atomic E-state index is 0.716. The van der Waals surface area contributed by atoms with Crippen LogP contribution < -0.4 is 0 Å². The summed E-state index contributed by atoms with van der Waals surface area (Å²) in [4.78, 5) is 0. The first-order valence-corrected chi connectivity index (χ1v) is 11.3. The maximum Gasteiger partial charge on any atom is -0.0241 e. The quantitative estimate of drug-likeness (QED) is 0.513. The Labute approximate surface area is 145 Å². The molecule has 0 bridgehead atoms. The summed E-state index contributed by atoms with van der Waals surface area (Å²) >= 11 is 0. The molecule has 4 aliphatic rings. The van der Waals surface area contributed by atoms with Gasteiger partial charge in [0.2, 0.25) is 0 Å². The van der Waals surface area contributed by atoms with E-state index in [4.69, 9.17) is 0 Å². The van der Waals surface area contributed by atoms with E-state index < -0.39 is 0 Å². The Morgan fingerprint density at radius 2 is 1.00 bits per heavy atom. The molecule has 6 atom stereocenters. The van der Waals surface area contributed by atoms with E-state index in [9.17, 15) is 0 Å². The molecular weight excluding hydrogens is 276 g/mol. The third-order valence-electron chi connectivity index (χ3n) is 9.46. The van der Waals surface area contributed by atoms with Gasteiger partial charge in [-0.3, -0.25) is 0 Å². The van der Waals surface area contributed by atoms with Crippen LogP contribution in [0.1, 0.15) is 104 Å². The van der Waals surface area contributed by atoms with Gasteiger partial charge in [0.15, 0.2) is 0 Å². The highest BCUT2D eigenvalue weighted by Crippen LogP contribution is 2.63. The van der Waals surface area contributed by atoms with Crippen LogP contribution in [0.2, 0.25) is 0 Å². The minimum Gasteiger partial charge on any atom is -0.0648 e. The van der Waals surface area contributed by atoms with E-state index >= 15 is 0 Å². The Morgan fingerprint density at radius 3 is 1.43 bits per heavy atom. The van der Waals surface area contributed by atoms with Gasteiger partial charge in [-0.1, -0.05) is 52.4 Å². The summed E-state index contributed by atoms with van der Waals surface area (Å²) < 4.78 is 0. The summed E-state index contributed by atoms with van der Waals surface area (Å²) in [6.45, 7) is 5.13. The van der Waals surface area contributed by atoms with Crippen molar-refractivity contribution in [3.63, 3.8) is 0 Å². The Bertz CT molecular complexity index is 359. The van der Waals surface area contributed by atoms with Crippen LogP contribution >= 0.6 is 0 Å². The van der Waals surface area contributed by atoms with Crippen LogP contribution in [0, 0.1) is 40.9 Å². The SMILES string of the molecule is CCC(CC)(C1CCC2CCCCC21)[C@H]1CCC2CCCC[C@@H]21. The molecule has 0 aliphatic heterocycles. The Hall–Kier alpha value is 0. The van der Waals surface area contributed by atoms with Gasteiger partial charge in [-0.2, -0.15) is 0 Å². The van der Waals surface area contributed by atoms with Gasteiger partial charge in [0.05, 0.1) is 0 Å². The zero-order chi connectivity index (χ0) is 15.9. The number of rotatable bonds is 4. The van der Waals surface area contributed by atoms with Crippen LogP contribution in [0.4, 0.5) is 0 Å². The number of hydrogen-bond donors (Lipinski definition) is 0. The summed E-state index contributed by atoms with van der Waals surface area (Å²) in [7, 11) is 0. The van der Waals surface area contributed by atoms with Gasteiger partial charge in [-0.05, 0) is 92.3 Å². The lowest BCUT2D eigenvalue weighted by Gasteiger charge is -2.50. The predicted octanol–water partition coefficient (Wildman–Crippen LogP) is 7.23. The highest BCUT2D eigenvalue weighted by molar-refractivity contribution is 5.04. The van der Waals surface area contributed by atoms with Crippen molar-refractivity contribution < 1.29 is 0 Å². The van der Waals surface area contributed by atoms with Crippen molar-refractivity contribution in [3.8, 4) is 0 Å². The first-order chi connectivity index (χ1) is 11.3. The average Bonchev–Trinajstić information content (AvgIpc) is 3.23. The topological polar surface area (TPSA) is 0 Å². The van der Waals surface area contributed by atoms with E-state index in [2.05, 4.69) is 13.8 Å². The molecule has 0 radical (unpaired) electrons. The second-order valence-corrected chi connectivity index (χ2v) is 9.72. The maximum atomic E-state index is 2.57. The van der Waals surface area contributed by atoms with E-state index in [0.717, 1.165) is 35.5 Å². The van der Waals surface area contributed by atoms with Crippen LogP contribution in [0.25, 0.3) is 0 Å². The zero-order valence-electron chi connectivity index (χ0n) is 15.9. The van der Waals surface area contributed by atoms with E-state index in [0.29, 0.717) is 5.41 Å². The average molecular weight is 317 g/mol. The first-order valence-electron chi connectivity index (χ1n) is 11.3. The van der Waals surface area contributed by atoms with Gasteiger partial charge in [0.25, 0.3) is 0 Å². The van der Waals surface area contributed by atoms with Gasteiger partial charge in [0, 0.05) is 0 Å². The summed E-state index contributed by atoms with van der Waals surface area (Å²) in [6.07, 6.45) is 21.7. The molecule has 132 valence electrons. The lowest BCUT2D eigenvalue weighted by Crippen LogP contribution is -2.43. The molecule has 0 spiro atoms. The van der Waals surface area contributed by atoms with Crippen LogP contribution in [-0.2, 0) is 0 Å². The van der Waals surface area contributed by atoms with Crippen LogP contribution in [-0.4, -0.2) is 0 Å². The molecule has 4 unspecified atom stereocenters. The summed E-state index contributed by atoms with van der Waals surface area (Å²) in [5.74, 6) is 6.66. The van der Waals surface area contributed by atoms with E-state index in [-0.39, 0.29) is 0 Å². The molecule has 23 heavy (non-hydrogen) atoms. The van der Waals surface area contributed by atoms with Crippen molar-refractivity contribution >= 4 is 0 Å². The normalized spacial score (nSPS) is 44.1. The number of hydrogen-bond acceptors (Lipinski definition) is 0. The second kappa shape index (κ2) is 6.72. The molecule has 4 aliphatic carbocycles. The summed E-state index contributed by atoms with van der Waals surface area (Å²) in [5, 5.41) is 0. The molecule has 4 fully saturated rings. The smallest absolute Gasteiger partial charge is 0.0241 e. The Morgan fingerprint density at radius 1 is 0.565 bits per heavy atom. The lowest BCUT2D eigenvalue weighted by atomic mass is 9.55. The first kappa shape index (κ1) is 16.5. The van der Waals surface area contributed by atoms with Crippen LogP contribution in [0.3, 0.4) is 0 Å². The molecule has 0 aromatic heterocycles.